The molecule has 2 aromatic rings. The van der Waals surface area contributed by atoms with Gasteiger partial charge in [0.25, 0.3) is 5.91 Å². The van der Waals surface area contributed by atoms with Gasteiger partial charge in [-0.05, 0) is 17.9 Å². The summed E-state index contributed by atoms with van der Waals surface area (Å²) < 4.78 is 12.7. The molecule has 2 N–H and O–H groups in total. The van der Waals surface area contributed by atoms with Crippen molar-refractivity contribution in [1.29, 1.82) is 0 Å². The maximum atomic E-state index is 12.8. The Kier molecular flexibility index (Phi) is 5.86. The van der Waals surface area contributed by atoms with Crippen molar-refractivity contribution in [1.82, 2.24) is 10.3 Å². The van der Waals surface area contributed by atoms with Crippen LogP contribution in [0.2, 0.25) is 0 Å². The van der Waals surface area contributed by atoms with E-state index in [4.69, 9.17) is 9.94 Å². The molecule has 2 heterocycles. The lowest BCUT2D eigenvalue weighted by Gasteiger charge is -2.26. The van der Waals surface area contributed by atoms with Crippen molar-refractivity contribution < 1.29 is 28.7 Å². The number of amides is 1. The largest absolute Gasteiger partial charge is 0.481 e. The fourth-order valence-electron chi connectivity index (χ4n) is 3.13. The van der Waals surface area contributed by atoms with Gasteiger partial charge in [-0.2, -0.15) is 0 Å². The van der Waals surface area contributed by atoms with E-state index in [-0.39, 0.29) is 12.8 Å². The van der Waals surface area contributed by atoms with Crippen molar-refractivity contribution in [3.05, 3.63) is 42.2 Å². The molecule has 1 aromatic heterocycles. The van der Waals surface area contributed by atoms with E-state index in [0.717, 1.165) is 10.8 Å². The molecule has 0 radical (unpaired) electrons. The van der Waals surface area contributed by atoms with Gasteiger partial charge in [-0.25, -0.2) is 4.39 Å². The molecule has 1 amide bonds. The van der Waals surface area contributed by atoms with Gasteiger partial charge in [0.1, 0.15) is 18.4 Å². The van der Waals surface area contributed by atoms with Crippen LogP contribution >= 0.6 is 0 Å². The summed E-state index contributed by atoms with van der Waals surface area (Å²) in [5.74, 6) is -3.05. The van der Waals surface area contributed by atoms with Crippen LogP contribution in [0.1, 0.15) is 31.9 Å². The summed E-state index contributed by atoms with van der Waals surface area (Å²) in [6.07, 6.45) is 1.28. The Hall–Kier alpha value is -3.36. The third kappa shape index (κ3) is 4.23. The van der Waals surface area contributed by atoms with Gasteiger partial charge >= 0.3 is 5.97 Å². The van der Waals surface area contributed by atoms with Crippen molar-refractivity contribution in [2.45, 2.75) is 37.8 Å². The van der Waals surface area contributed by atoms with Gasteiger partial charge < -0.3 is 15.3 Å². The van der Waals surface area contributed by atoms with Crippen LogP contribution in [0.4, 0.5) is 4.39 Å². The number of nitrogens with one attached hydrogen (secondary N) is 1. The smallest absolute Gasteiger partial charge is 0.305 e. The lowest BCUT2D eigenvalue weighted by Crippen LogP contribution is -2.53. The Bertz CT molecular complexity index is 993. The maximum Gasteiger partial charge on any atom is 0.305 e. The van der Waals surface area contributed by atoms with Crippen LogP contribution in [-0.4, -0.2) is 51.8 Å². The van der Waals surface area contributed by atoms with Crippen LogP contribution in [0.15, 0.2) is 41.7 Å². The summed E-state index contributed by atoms with van der Waals surface area (Å²) in [6, 6.07) is 8.01. The van der Waals surface area contributed by atoms with Gasteiger partial charge in [0, 0.05) is 18.0 Å². The van der Waals surface area contributed by atoms with Crippen LogP contribution in [0.3, 0.4) is 0 Å². The number of oxime groups is 1. The topological polar surface area (TPSA) is 118 Å². The molecule has 8 nitrogen and oxygen atoms in total. The Balaban J connectivity index is 1.79. The molecular weight excluding hydrogens is 381 g/mol. The average Bonchev–Trinajstić information content (AvgIpc) is 3.18. The Morgan fingerprint density at radius 1 is 1.31 bits per heavy atom. The molecule has 3 rings (SSSR count). The third-order valence-electron chi connectivity index (χ3n) is 4.90. The maximum absolute atomic E-state index is 12.8. The van der Waals surface area contributed by atoms with Gasteiger partial charge in [0.15, 0.2) is 5.78 Å². The number of ketones is 1. The number of rotatable bonds is 8. The summed E-state index contributed by atoms with van der Waals surface area (Å²) >= 11 is 0. The quantitative estimate of drug-likeness (QED) is 0.699. The molecule has 0 saturated carbocycles. The number of carbonyl (C=O) groups is 3. The second-order valence-electron chi connectivity index (χ2n) is 6.79. The van der Waals surface area contributed by atoms with Crippen molar-refractivity contribution in [2.24, 2.45) is 5.16 Å². The van der Waals surface area contributed by atoms with Gasteiger partial charge in [0.2, 0.25) is 5.60 Å². The van der Waals surface area contributed by atoms with E-state index in [0.29, 0.717) is 11.4 Å². The Labute approximate surface area is 165 Å². The highest BCUT2D eigenvalue weighted by molar-refractivity contribution is 6.06. The average molecular weight is 401 g/mol. The molecule has 1 unspecified atom stereocenters. The van der Waals surface area contributed by atoms with E-state index < -0.39 is 42.4 Å². The summed E-state index contributed by atoms with van der Waals surface area (Å²) in [6.45, 7) is 0.329. The number of alkyl halides is 1. The van der Waals surface area contributed by atoms with Crippen molar-refractivity contribution in [3.8, 4) is 0 Å². The number of hydrogen-bond acceptors (Lipinski definition) is 6. The zero-order chi connectivity index (χ0) is 21.0. The first-order chi connectivity index (χ1) is 13.9. The monoisotopic (exact) mass is 401 g/mol. The van der Waals surface area contributed by atoms with Gasteiger partial charge in [-0.15, -0.1) is 0 Å². The minimum atomic E-state index is -1.47. The van der Waals surface area contributed by atoms with Crippen molar-refractivity contribution in [2.75, 3.05) is 6.67 Å². The number of carboxylic acids is 1. The van der Waals surface area contributed by atoms with Crippen LogP contribution < -0.4 is 5.32 Å². The first-order valence-corrected chi connectivity index (χ1v) is 9.10. The number of benzene rings is 1. The SMILES string of the molecule is CCC1(C(=O)N[C@@H](CC(=O)O)C(=O)CF)CC(c2cc3ccccc3cn2)=NO1. The summed E-state index contributed by atoms with van der Waals surface area (Å²) in [4.78, 5) is 45.2. The number of halogens is 1. The Morgan fingerprint density at radius 3 is 2.69 bits per heavy atom. The van der Waals surface area contributed by atoms with E-state index in [1.807, 2.05) is 30.3 Å². The van der Waals surface area contributed by atoms with Crippen molar-refractivity contribution >= 4 is 34.1 Å². The highest BCUT2D eigenvalue weighted by Gasteiger charge is 2.46. The van der Waals surface area contributed by atoms with Gasteiger partial charge in [-0.3, -0.25) is 19.4 Å². The minimum Gasteiger partial charge on any atom is -0.481 e. The minimum absolute atomic E-state index is 0.0876. The predicted octanol–water partition coefficient (Wildman–Crippen LogP) is 2.01. The molecule has 0 bridgehead atoms. The zero-order valence-electron chi connectivity index (χ0n) is 15.7. The highest BCUT2D eigenvalue weighted by Crippen LogP contribution is 2.30. The molecule has 0 saturated heterocycles. The number of hydrogen-bond donors (Lipinski definition) is 2. The van der Waals surface area contributed by atoms with E-state index in [9.17, 15) is 18.8 Å². The number of Topliss-reactive ketones (excluding diaryl/α,β-unsaturated/α-hetero) is 1. The number of nitrogens with zero attached hydrogens (tertiary/aromatic N) is 2. The number of fused-ring (bicyclic) bond motifs is 1. The number of aromatic nitrogens is 1. The third-order valence-corrected chi connectivity index (χ3v) is 4.90. The van der Waals surface area contributed by atoms with E-state index >= 15 is 0 Å². The molecular formula is C20H20FN3O5. The molecule has 1 aliphatic rings. The molecule has 1 aliphatic heterocycles. The van der Waals surface area contributed by atoms with Crippen LogP contribution in [0.25, 0.3) is 10.8 Å². The standard InChI is InChI=1S/C20H20FN3O5/c1-2-20(19(28)23-15(8-18(26)27)17(25)10-21)9-16(24-29-20)14-7-12-5-3-4-6-13(12)11-22-14/h3-7,11,15H,2,8-10H2,1H3,(H,23,28)(H,26,27)/t15-,20?/m0/s1. The summed E-state index contributed by atoms with van der Waals surface area (Å²) in [5.41, 5.74) is -0.413. The second kappa shape index (κ2) is 8.34. The van der Waals surface area contributed by atoms with Crippen LogP contribution in [0, 0.1) is 0 Å². The fraction of sp³-hybridized carbons (Fsp3) is 0.350. The van der Waals surface area contributed by atoms with Gasteiger partial charge in [-0.1, -0.05) is 36.3 Å². The molecule has 29 heavy (non-hydrogen) atoms. The van der Waals surface area contributed by atoms with E-state index in [1.54, 1.807) is 13.1 Å². The molecule has 2 atom stereocenters. The molecule has 0 aliphatic carbocycles. The molecule has 0 spiro atoms. The Morgan fingerprint density at radius 2 is 2.03 bits per heavy atom. The zero-order valence-corrected chi connectivity index (χ0v) is 15.7. The number of carboxylic acid groups (broad SMARTS) is 1. The normalized spacial score (nSPS) is 19.3. The van der Waals surface area contributed by atoms with Gasteiger partial charge in [0.05, 0.1) is 12.1 Å². The fourth-order valence-corrected chi connectivity index (χ4v) is 3.13. The van der Waals surface area contributed by atoms with Crippen molar-refractivity contribution in [3.63, 3.8) is 0 Å². The summed E-state index contributed by atoms with van der Waals surface area (Å²) in [5, 5.41) is 17.1. The molecule has 1 aromatic carbocycles. The molecule has 0 fully saturated rings. The highest BCUT2D eigenvalue weighted by atomic mass is 19.1. The first kappa shape index (κ1) is 20.4. The number of aliphatic carboxylic acids is 1. The van der Waals surface area contributed by atoms with E-state index in [2.05, 4.69) is 15.5 Å². The number of carbonyl (C=O) groups excluding carboxylic acids is 2. The lowest BCUT2D eigenvalue weighted by molar-refractivity contribution is -0.148. The van der Waals surface area contributed by atoms with Crippen LogP contribution in [-0.2, 0) is 19.2 Å². The van der Waals surface area contributed by atoms with E-state index in [1.165, 1.54) is 0 Å². The second-order valence-corrected chi connectivity index (χ2v) is 6.79. The molecule has 152 valence electrons. The summed E-state index contributed by atoms with van der Waals surface area (Å²) in [7, 11) is 0. The number of pyridine rings is 1. The molecule has 9 heteroatoms. The lowest BCUT2D eigenvalue weighted by atomic mass is 9.91. The first-order valence-electron chi connectivity index (χ1n) is 9.10. The van der Waals surface area contributed by atoms with Crippen LogP contribution in [0.5, 0.6) is 0 Å². The predicted molar refractivity (Wildman–Crippen MR) is 102 cm³/mol.